The summed E-state index contributed by atoms with van der Waals surface area (Å²) in [5.41, 5.74) is 9.38. The minimum Gasteiger partial charge on any atom is -0.457 e. The molecule has 6 nitrogen and oxygen atoms in total. The minimum atomic E-state index is 0.410. The zero-order chi connectivity index (χ0) is 16.5. The van der Waals surface area contributed by atoms with Gasteiger partial charge in [-0.15, -0.1) is 0 Å². The Morgan fingerprint density at radius 1 is 1.00 bits per heavy atom. The lowest BCUT2D eigenvalue weighted by atomic mass is 10.0. The van der Waals surface area contributed by atoms with Crippen LogP contribution in [0.4, 0.5) is 5.82 Å². The molecule has 2 aromatic carbocycles. The lowest BCUT2D eigenvalue weighted by Gasteiger charge is -2.09. The molecule has 4 aromatic rings. The smallest absolute Gasteiger partial charge is 0.186 e. The maximum Gasteiger partial charge on any atom is 0.186 e. The van der Waals surface area contributed by atoms with Crippen molar-refractivity contribution in [2.24, 2.45) is 0 Å². The van der Waals surface area contributed by atoms with Crippen molar-refractivity contribution in [3.8, 4) is 22.8 Å². The van der Waals surface area contributed by atoms with Gasteiger partial charge in [0.2, 0.25) is 0 Å². The summed E-state index contributed by atoms with van der Waals surface area (Å²) in [7, 11) is 0. The lowest BCUT2D eigenvalue weighted by Crippen LogP contribution is -1.93. The van der Waals surface area contributed by atoms with E-state index in [1.807, 2.05) is 55.5 Å². The molecule has 0 aliphatic carbocycles. The van der Waals surface area contributed by atoms with E-state index >= 15 is 0 Å². The number of ether oxygens (including phenoxy) is 1. The topological polar surface area (TPSA) is 89.7 Å². The van der Waals surface area contributed by atoms with E-state index in [0.717, 1.165) is 33.7 Å². The number of aromatic nitrogens is 4. The molecule has 0 aliphatic heterocycles. The average molecular weight is 317 g/mol. The number of fused-ring (bicyclic) bond motifs is 1. The molecule has 4 rings (SSSR count). The number of hydrogen-bond donors (Lipinski definition) is 2. The second-order valence-corrected chi connectivity index (χ2v) is 5.45. The summed E-state index contributed by atoms with van der Waals surface area (Å²) in [6.07, 6.45) is 1.41. The van der Waals surface area contributed by atoms with Gasteiger partial charge >= 0.3 is 0 Å². The first-order valence-electron chi connectivity index (χ1n) is 7.51. The van der Waals surface area contributed by atoms with E-state index in [4.69, 9.17) is 10.5 Å². The summed E-state index contributed by atoms with van der Waals surface area (Å²) < 4.78 is 5.87. The lowest BCUT2D eigenvalue weighted by molar-refractivity contribution is 0.482. The van der Waals surface area contributed by atoms with Crippen LogP contribution >= 0.6 is 0 Å². The van der Waals surface area contributed by atoms with Crippen molar-refractivity contribution < 1.29 is 4.74 Å². The van der Waals surface area contributed by atoms with Gasteiger partial charge < -0.3 is 10.5 Å². The van der Waals surface area contributed by atoms with E-state index in [1.54, 1.807) is 0 Å². The Morgan fingerprint density at radius 3 is 2.62 bits per heavy atom. The molecule has 0 amide bonds. The SMILES string of the molecule is Cc1cc(Oc2ccccc2)ccc1-c1[nH]nc2ncnc(N)c12. The minimum absolute atomic E-state index is 0.410. The van der Waals surface area contributed by atoms with Crippen LogP contribution in [0.5, 0.6) is 11.5 Å². The molecule has 0 atom stereocenters. The van der Waals surface area contributed by atoms with Gasteiger partial charge in [0.15, 0.2) is 5.65 Å². The Hall–Kier alpha value is -3.41. The van der Waals surface area contributed by atoms with Crippen molar-refractivity contribution in [3.05, 3.63) is 60.4 Å². The number of rotatable bonds is 3. The second-order valence-electron chi connectivity index (χ2n) is 5.45. The molecule has 3 N–H and O–H groups in total. The standard InChI is InChI=1S/C18H15N5O/c1-11-9-13(24-12-5-3-2-4-6-12)7-8-14(11)16-15-17(19)20-10-21-18(15)23-22-16/h2-10H,1H3,(H3,19,20,21,22,23). The van der Waals surface area contributed by atoms with E-state index in [9.17, 15) is 0 Å². The number of anilines is 1. The van der Waals surface area contributed by atoms with Crippen LogP contribution < -0.4 is 10.5 Å². The Balaban J connectivity index is 1.74. The zero-order valence-electron chi connectivity index (χ0n) is 13.0. The zero-order valence-corrected chi connectivity index (χ0v) is 13.0. The van der Waals surface area contributed by atoms with Gasteiger partial charge in [0.25, 0.3) is 0 Å². The number of benzene rings is 2. The van der Waals surface area contributed by atoms with Crippen LogP contribution in [0.25, 0.3) is 22.3 Å². The number of hydrogen-bond acceptors (Lipinski definition) is 5. The molecule has 0 fully saturated rings. The third kappa shape index (κ3) is 2.44. The third-order valence-electron chi connectivity index (χ3n) is 3.83. The molecule has 0 radical (unpaired) electrons. The maximum absolute atomic E-state index is 5.99. The summed E-state index contributed by atoms with van der Waals surface area (Å²) in [5.74, 6) is 1.98. The highest BCUT2D eigenvalue weighted by Gasteiger charge is 2.14. The van der Waals surface area contributed by atoms with Gasteiger partial charge in [-0.3, -0.25) is 5.10 Å². The highest BCUT2D eigenvalue weighted by molar-refractivity contribution is 5.98. The number of H-pyrrole nitrogens is 1. The van der Waals surface area contributed by atoms with Crippen molar-refractivity contribution in [2.45, 2.75) is 6.92 Å². The number of nitrogens with two attached hydrogens (primary N) is 1. The Labute approximate surface area is 138 Å². The Kier molecular flexibility index (Phi) is 3.35. The number of nitrogens with zero attached hydrogens (tertiary/aromatic N) is 3. The maximum atomic E-state index is 5.99. The monoisotopic (exact) mass is 317 g/mol. The van der Waals surface area contributed by atoms with Crippen LogP contribution in [0.15, 0.2) is 54.9 Å². The molecule has 0 saturated heterocycles. The van der Waals surface area contributed by atoms with Crippen molar-refractivity contribution >= 4 is 16.9 Å². The molecule has 0 saturated carbocycles. The van der Waals surface area contributed by atoms with E-state index in [2.05, 4.69) is 20.2 Å². The van der Waals surface area contributed by atoms with Crippen molar-refractivity contribution in [2.75, 3.05) is 5.73 Å². The Morgan fingerprint density at radius 2 is 1.83 bits per heavy atom. The number of nitrogens with one attached hydrogen (secondary N) is 1. The van der Waals surface area contributed by atoms with Crippen molar-refractivity contribution in [3.63, 3.8) is 0 Å². The highest BCUT2D eigenvalue weighted by atomic mass is 16.5. The second kappa shape index (κ2) is 5.66. The normalized spacial score (nSPS) is 10.9. The molecule has 0 unspecified atom stereocenters. The average Bonchev–Trinajstić information content (AvgIpc) is 3.01. The van der Waals surface area contributed by atoms with Gasteiger partial charge in [0, 0.05) is 5.56 Å². The molecule has 0 aliphatic rings. The predicted octanol–water partition coefficient (Wildman–Crippen LogP) is 3.70. The molecular weight excluding hydrogens is 302 g/mol. The summed E-state index contributed by atoms with van der Waals surface area (Å²) >= 11 is 0. The third-order valence-corrected chi connectivity index (χ3v) is 3.83. The molecule has 0 spiro atoms. The van der Waals surface area contributed by atoms with Crippen LogP contribution in [0.2, 0.25) is 0 Å². The quantitative estimate of drug-likeness (QED) is 0.601. The number of nitrogen functional groups attached to an aromatic ring is 1. The van der Waals surface area contributed by atoms with E-state index in [1.165, 1.54) is 6.33 Å². The van der Waals surface area contributed by atoms with Gasteiger partial charge in [0.05, 0.1) is 11.1 Å². The molecule has 2 heterocycles. The molecule has 118 valence electrons. The van der Waals surface area contributed by atoms with E-state index in [0.29, 0.717) is 11.5 Å². The summed E-state index contributed by atoms with van der Waals surface area (Å²) in [5, 5.41) is 7.94. The van der Waals surface area contributed by atoms with Crippen LogP contribution in [0.1, 0.15) is 5.56 Å². The van der Waals surface area contributed by atoms with Gasteiger partial charge in [0.1, 0.15) is 23.6 Å². The van der Waals surface area contributed by atoms with Crippen molar-refractivity contribution in [1.29, 1.82) is 0 Å². The fourth-order valence-corrected chi connectivity index (χ4v) is 2.68. The highest BCUT2D eigenvalue weighted by Crippen LogP contribution is 2.33. The van der Waals surface area contributed by atoms with E-state index < -0.39 is 0 Å². The number of aryl methyl sites for hydroxylation is 1. The predicted molar refractivity (Wildman–Crippen MR) is 92.8 cm³/mol. The first-order valence-corrected chi connectivity index (χ1v) is 7.51. The number of aromatic amines is 1. The van der Waals surface area contributed by atoms with E-state index in [-0.39, 0.29) is 0 Å². The number of para-hydroxylation sites is 1. The first kappa shape index (κ1) is 14.2. The van der Waals surface area contributed by atoms with Gasteiger partial charge in [-0.1, -0.05) is 18.2 Å². The summed E-state index contributed by atoms with van der Waals surface area (Å²) in [4.78, 5) is 8.18. The summed E-state index contributed by atoms with van der Waals surface area (Å²) in [6.45, 7) is 2.01. The Bertz CT molecular complexity index is 1010. The molecule has 6 heteroatoms. The van der Waals surface area contributed by atoms with Crippen LogP contribution in [-0.4, -0.2) is 20.2 Å². The summed E-state index contributed by atoms with van der Waals surface area (Å²) in [6, 6.07) is 15.6. The van der Waals surface area contributed by atoms with Crippen LogP contribution in [0, 0.1) is 6.92 Å². The molecule has 24 heavy (non-hydrogen) atoms. The largest absolute Gasteiger partial charge is 0.457 e. The fraction of sp³-hybridized carbons (Fsp3) is 0.0556. The molecular formula is C18H15N5O. The van der Waals surface area contributed by atoms with Crippen molar-refractivity contribution in [1.82, 2.24) is 20.2 Å². The van der Waals surface area contributed by atoms with Gasteiger partial charge in [-0.25, -0.2) is 9.97 Å². The molecule has 0 bridgehead atoms. The molecule has 2 aromatic heterocycles. The van der Waals surface area contributed by atoms with Gasteiger partial charge in [-0.05, 0) is 42.8 Å². The first-order chi connectivity index (χ1) is 11.7. The van der Waals surface area contributed by atoms with Crippen LogP contribution in [-0.2, 0) is 0 Å². The fourth-order valence-electron chi connectivity index (χ4n) is 2.68. The van der Waals surface area contributed by atoms with Gasteiger partial charge in [-0.2, -0.15) is 5.10 Å². The van der Waals surface area contributed by atoms with Crippen LogP contribution in [0.3, 0.4) is 0 Å².